The van der Waals surface area contributed by atoms with Crippen LogP contribution in [0.5, 0.6) is 11.5 Å². The van der Waals surface area contributed by atoms with Gasteiger partial charge in [-0.05, 0) is 49.2 Å². The molecule has 7 nitrogen and oxygen atoms in total. The molecule has 0 bridgehead atoms. The van der Waals surface area contributed by atoms with Crippen LogP contribution in [-0.2, 0) is 9.53 Å². The van der Waals surface area contributed by atoms with Crippen LogP contribution in [0, 0.1) is 0 Å². The van der Waals surface area contributed by atoms with Crippen LogP contribution in [0.25, 0.3) is 0 Å². The van der Waals surface area contributed by atoms with E-state index in [4.69, 9.17) is 14.2 Å². The van der Waals surface area contributed by atoms with Gasteiger partial charge in [-0.25, -0.2) is 4.79 Å². The van der Waals surface area contributed by atoms with Gasteiger partial charge < -0.3 is 14.2 Å². The van der Waals surface area contributed by atoms with Crippen molar-refractivity contribution >= 4 is 17.8 Å². The Morgan fingerprint density at radius 1 is 0.893 bits per heavy atom. The molecule has 3 rings (SSSR count). The fourth-order valence-electron chi connectivity index (χ4n) is 2.86. The summed E-state index contributed by atoms with van der Waals surface area (Å²) in [6.07, 6.45) is 1.10. The summed E-state index contributed by atoms with van der Waals surface area (Å²) in [5, 5.41) is 0. The highest BCUT2D eigenvalue weighted by Gasteiger charge is 2.34. The van der Waals surface area contributed by atoms with Crippen molar-refractivity contribution in [2.24, 2.45) is 0 Å². The standard InChI is InChI=1S/C21H21NO6/c1-26-15-8-10-16(11-9-15)28-14-19(23)27-13-5-4-12-22-20(24)17-6-2-3-7-18(17)21(22)25/h2-3,6-11H,4-5,12-14H2,1H3. The molecule has 0 N–H and O–H groups in total. The Labute approximate surface area is 162 Å². The number of benzene rings is 2. The summed E-state index contributed by atoms with van der Waals surface area (Å²) in [5.74, 6) is 0.226. The number of methoxy groups -OCH3 is 1. The predicted octanol–water partition coefficient (Wildman–Crippen LogP) is 2.69. The Bertz CT molecular complexity index is 826. The zero-order valence-corrected chi connectivity index (χ0v) is 15.6. The maximum atomic E-state index is 12.2. The van der Waals surface area contributed by atoms with Crippen LogP contribution in [0.2, 0.25) is 0 Å². The van der Waals surface area contributed by atoms with E-state index in [0.29, 0.717) is 42.0 Å². The van der Waals surface area contributed by atoms with Crippen molar-refractivity contribution in [3.8, 4) is 11.5 Å². The second kappa shape index (κ2) is 9.03. The van der Waals surface area contributed by atoms with Crippen LogP contribution in [0.1, 0.15) is 33.6 Å². The van der Waals surface area contributed by atoms with Gasteiger partial charge in [0, 0.05) is 6.54 Å². The zero-order valence-electron chi connectivity index (χ0n) is 15.6. The van der Waals surface area contributed by atoms with E-state index in [1.807, 2.05) is 0 Å². The van der Waals surface area contributed by atoms with Crippen LogP contribution in [0.3, 0.4) is 0 Å². The van der Waals surface area contributed by atoms with Gasteiger partial charge in [0.2, 0.25) is 0 Å². The third-order valence-electron chi connectivity index (χ3n) is 4.33. The molecule has 0 aromatic heterocycles. The molecule has 0 unspecified atom stereocenters. The van der Waals surface area contributed by atoms with Crippen LogP contribution < -0.4 is 9.47 Å². The van der Waals surface area contributed by atoms with E-state index < -0.39 is 5.97 Å². The molecule has 2 aromatic rings. The van der Waals surface area contributed by atoms with E-state index in [1.54, 1.807) is 55.6 Å². The van der Waals surface area contributed by atoms with Crippen molar-refractivity contribution in [3.05, 3.63) is 59.7 Å². The number of hydrogen-bond acceptors (Lipinski definition) is 6. The Morgan fingerprint density at radius 2 is 1.50 bits per heavy atom. The summed E-state index contributed by atoms with van der Waals surface area (Å²) in [4.78, 5) is 37.4. The van der Waals surface area contributed by atoms with Crippen LogP contribution in [-0.4, -0.2) is 49.6 Å². The number of ether oxygens (including phenoxy) is 3. The number of carbonyl (C=O) groups excluding carboxylic acids is 3. The summed E-state index contributed by atoms with van der Waals surface area (Å²) in [5.41, 5.74) is 0.879. The van der Waals surface area contributed by atoms with E-state index in [-0.39, 0.29) is 25.0 Å². The first-order valence-electron chi connectivity index (χ1n) is 8.98. The average molecular weight is 383 g/mol. The van der Waals surface area contributed by atoms with E-state index in [2.05, 4.69) is 0 Å². The van der Waals surface area contributed by atoms with Gasteiger partial charge in [0.05, 0.1) is 24.8 Å². The lowest BCUT2D eigenvalue weighted by atomic mass is 10.1. The molecule has 1 heterocycles. The molecular weight excluding hydrogens is 362 g/mol. The normalized spacial score (nSPS) is 12.7. The van der Waals surface area contributed by atoms with E-state index in [0.717, 1.165) is 0 Å². The minimum absolute atomic E-state index is 0.190. The van der Waals surface area contributed by atoms with Gasteiger partial charge in [0.25, 0.3) is 11.8 Å². The number of amides is 2. The minimum Gasteiger partial charge on any atom is -0.497 e. The third-order valence-corrected chi connectivity index (χ3v) is 4.33. The molecule has 28 heavy (non-hydrogen) atoms. The number of esters is 1. The summed E-state index contributed by atoms with van der Waals surface area (Å²) < 4.78 is 15.5. The van der Waals surface area contributed by atoms with Gasteiger partial charge in [0.1, 0.15) is 11.5 Å². The minimum atomic E-state index is -0.475. The Balaban J connectivity index is 1.33. The summed E-state index contributed by atoms with van der Waals surface area (Å²) in [7, 11) is 1.57. The number of imide groups is 1. The molecule has 0 saturated carbocycles. The number of hydrogen-bond donors (Lipinski definition) is 0. The number of carbonyl (C=O) groups is 3. The molecule has 0 aliphatic carbocycles. The van der Waals surface area contributed by atoms with Crippen molar-refractivity contribution in [2.45, 2.75) is 12.8 Å². The number of unbranched alkanes of at least 4 members (excludes halogenated alkanes) is 1. The van der Waals surface area contributed by atoms with Gasteiger partial charge in [0.15, 0.2) is 6.61 Å². The highest BCUT2D eigenvalue weighted by molar-refractivity contribution is 6.21. The first-order valence-corrected chi connectivity index (χ1v) is 8.98. The smallest absolute Gasteiger partial charge is 0.344 e. The van der Waals surface area contributed by atoms with Gasteiger partial charge in [-0.3, -0.25) is 14.5 Å². The van der Waals surface area contributed by atoms with Gasteiger partial charge in [-0.15, -0.1) is 0 Å². The Morgan fingerprint density at radius 3 is 2.11 bits per heavy atom. The number of rotatable bonds is 9. The van der Waals surface area contributed by atoms with Crippen molar-refractivity contribution in [2.75, 3.05) is 26.9 Å². The SMILES string of the molecule is COc1ccc(OCC(=O)OCCCCN2C(=O)c3ccccc3C2=O)cc1. The molecule has 0 atom stereocenters. The van der Waals surface area contributed by atoms with E-state index in [1.165, 1.54) is 4.90 Å². The molecule has 0 fully saturated rings. The molecule has 1 aliphatic heterocycles. The summed E-state index contributed by atoms with van der Waals surface area (Å²) >= 11 is 0. The van der Waals surface area contributed by atoms with Gasteiger partial charge in [-0.1, -0.05) is 12.1 Å². The Hall–Kier alpha value is -3.35. The Kier molecular flexibility index (Phi) is 6.26. The molecule has 146 valence electrons. The maximum Gasteiger partial charge on any atom is 0.344 e. The summed E-state index contributed by atoms with van der Waals surface area (Å²) in [6, 6.07) is 13.7. The van der Waals surface area contributed by atoms with Crippen LogP contribution in [0.15, 0.2) is 48.5 Å². The molecule has 7 heteroatoms. The lowest BCUT2D eigenvalue weighted by Crippen LogP contribution is -2.30. The van der Waals surface area contributed by atoms with Crippen molar-refractivity contribution in [3.63, 3.8) is 0 Å². The lowest BCUT2D eigenvalue weighted by Gasteiger charge is -2.13. The molecular formula is C21H21NO6. The summed E-state index contributed by atoms with van der Waals surface area (Å²) in [6.45, 7) is 0.310. The molecule has 0 radical (unpaired) electrons. The average Bonchev–Trinajstić information content (AvgIpc) is 2.97. The first-order chi connectivity index (χ1) is 13.6. The highest BCUT2D eigenvalue weighted by atomic mass is 16.6. The second-order valence-corrected chi connectivity index (χ2v) is 6.20. The lowest BCUT2D eigenvalue weighted by molar-refractivity contribution is -0.146. The van der Waals surface area contributed by atoms with E-state index >= 15 is 0 Å². The van der Waals surface area contributed by atoms with Gasteiger partial charge >= 0.3 is 5.97 Å². The predicted molar refractivity (Wildman–Crippen MR) is 100 cm³/mol. The fourth-order valence-corrected chi connectivity index (χ4v) is 2.86. The molecule has 2 amide bonds. The van der Waals surface area contributed by atoms with Gasteiger partial charge in [-0.2, -0.15) is 0 Å². The van der Waals surface area contributed by atoms with Crippen LogP contribution in [0.4, 0.5) is 0 Å². The molecule has 2 aromatic carbocycles. The second-order valence-electron chi connectivity index (χ2n) is 6.20. The van der Waals surface area contributed by atoms with Crippen molar-refractivity contribution < 1.29 is 28.6 Å². The quantitative estimate of drug-likeness (QED) is 0.376. The van der Waals surface area contributed by atoms with Crippen molar-refractivity contribution in [1.29, 1.82) is 0 Å². The fraction of sp³-hybridized carbons (Fsp3) is 0.286. The topological polar surface area (TPSA) is 82.1 Å². The van der Waals surface area contributed by atoms with Crippen molar-refractivity contribution in [1.82, 2.24) is 4.90 Å². The molecule has 1 aliphatic rings. The highest BCUT2D eigenvalue weighted by Crippen LogP contribution is 2.22. The molecule has 0 saturated heterocycles. The number of fused-ring (bicyclic) bond motifs is 1. The monoisotopic (exact) mass is 383 g/mol. The number of nitrogens with zero attached hydrogens (tertiary/aromatic N) is 1. The zero-order chi connectivity index (χ0) is 19.9. The maximum absolute atomic E-state index is 12.2. The third kappa shape index (κ3) is 4.49. The molecule has 0 spiro atoms. The van der Waals surface area contributed by atoms with Crippen LogP contribution >= 0.6 is 0 Å². The van der Waals surface area contributed by atoms with E-state index in [9.17, 15) is 14.4 Å². The largest absolute Gasteiger partial charge is 0.497 e. The first kappa shape index (κ1) is 19.4.